The lowest BCUT2D eigenvalue weighted by Crippen LogP contribution is -2.37. The van der Waals surface area contributed by atoms with E-state index in [2.05, 4.69) is 25.6 Å². The molecule has 10 nitrogen and oxygen atoms in total. The van der Waals surface area contributed by atoms with Crippen molar-refractivity contribution in [3.05, 3.63) is 23.8 Å². The van der Waals surface area contributed by atoms with Crippen molar-refractivity contribution in [3.8, 4) is 22.8 Å². The molecule has 0 bridgehead atoms. The number of hydrogen-bond acceptors (Lipinski definition) is 9. The smallest absolute Gasteiger partial charge is 0.320 e. The molecule has 0 fully saturated rings. The summed E-state index contributed by atoms with van der Waals surface area (Å²) in [6.07, 6.45) is 0.333. The van der Waals surface area contributed by atoms with Gasteiger partial charge in [-0.05, 0) is 26.2 Å². The minimum Gasteiger partial charge on any atom is -0.494 e. The number of nitrogens with one attached hydrogen (secondary N) is 2. The van der Waals surface area contributed by atoms with Crippen LogP contribution in [0.15, 0.2) is 23.8 Å². The van der Waals surface area contributed by atoms with Crippen molar-refractivity contribution in [1.82, 2.24) is 29.1 Å². The molecule has 14 heteroatoms. The Labute approximate surface area is 208 Å². The van der Waals surface area contributed by atoms with Gasteiger partial charge in [0.25, 0.3) is 0 Å². The van der Waals surface area contributed by atoms with Crippen LogP contribution in [0.4, 0.5) is 18.9 Å². The molecule has 0 spiro atoms. The number of pyridine rings is 2. The fraction of sp³-hybridized carbons (Fsp3) is 0.333. The van der Waals surface area contributed by atoms with Crippen LogP contribution in [0.5, 0.6) is 11.6 Å². The van der Waals surface area contributed by atoms with Crippen LogP contribution in [0.3, 0.4) is 0 Å². The number of carbonyl (C=O) groups excluding carboxylic acids is 1. The summed E-state index contributed by atoms with van der Waals surface area (Å²) in [5.41, 5.74) is 3.50. The third kappa shape index (κ3) is 5.09. The van der Waals surface area contributed by atoms with Crippen LogP contribution in [0.1, 0.15) is 0 Å². The number of methoxy groups -OCH3 is 2. The summed E-state index contributed by atoms with van der Waals surface area (Å²) < 4.78 is 40.8. The molecular formula is C21H23F2N7O3S2. The van der Waals surface area contributed by atoms with Gasteiger partial charge in [-0.15, -0.1) is 15.2 Å². The molecule has 4 aromatic heterocycles. The molecule has 1 unspecified atom stereocenters. The lowest BCUT2D eigenvalue weighted by molar-refractivity contribution is 0.228. The molecule has 1 atom stereocenters. The molecule has 4 rings (SSSR count). The van der Waals surface area contributed by atoms with Gasteiger partial charge >= 0.3 is 6.03 Å². The van der Waals surface area contributed by atoms with Crippen molar-refractivity contribution >= 4 is 56.9 Å². The van der Waals surface area contributed by atoms with Crippen molar-refractivity contribution in [1.29, 1.82) is 0 Å². The summed E-state index contributed by atoms with van der Waals surface area (Å²) >= 11 is 1.32. The molecule has 0 aromatic carbocycles. The molecule has 4 heterocycles. The zero-order chi connectivity index (χ0) is 25.1. The van der Waals surface area contributed by atoms with Crippen LogP contribution in [-0.2, 0) is 0 Å². The number of fused-ring (bicyclic) bond motifs is 2. The lowest BCUT2D eigenvalue weighted by Gasteiger charge is -2.14. The molecule has 0 radical (unpaired) electrons. The number of hydrogen-bond donors (Lipinski definition) is 2. The molecule has 0 saturated carbocycles. The molecular weight excluding hydrogens is 500 g/mol. The van der Waals surface area contributed by atoms with E-state index < -0.39 is 12.2 Å². The van der Waals surface area contributed by atoms with E-state index in [-0.39, 0.29) is 42.8 Å². The quantitative estimate of drug-likeness (QED) is 0.337. The zero-order valence-electron chi connectivity index (χ0n) is 19.3. The first kappa shape index (κ1) is 24.9. The van der Waals surface area contributed by atoms with Gasteiger partial charge in [-0.1, -0.05) is 0 Å². The van der Waals surface area contributed by atoms with Gasteiger partial charge in [0.2, 0.25) is 5.88 Å². The summed E-state index contributed by atoms with van der Waals surface area (Å²) in [6.45, 7) is 0.0311. The first-order chi connectivity index (χ1) is 16.9. The summed E-state index contributed by atoms with van der Waals surface area (Å²) in [7, 11) is 6.50. The van der Waals surface area contributed by atoms with Crippen LogP contribution in [-0.4, -0.2) is 77.4 Å². The molecule has 0 saturated heterocycles. The Morgan fingerprint density at radius 3 is 2.77 bits per heavy atom. The molecule has 0 aliphatic rings. The second-order valence-electron chi connectivity index (χ2n) is 7.73. The molecule has 186 valence electrons. The largest absolute Gasteiger partial charge is 0.494 e. The van der Waals surface area contributed by atoms with Crippen LogP contribution in [0.25, 0.3) is 32.5 Å². The number of amides is 2. The summed E-state index contributed by atoms with van der Waals surface area (Å²) in [5.74, 6) is 0.938. The van der Waals surface area contributed by atoms with Gasteiger partial charge in [0.1, 0.15) is 16.7 Å². The second kappa shape index (κ2) is 10.6. The van der Waals surface area contributed by atoms with E-state index in [0.29, 0.717) is 27.9 Å². The monoisotopic (exact) mass is 523 g/mol. The van der Waals surface area contributed by atoms with Crippen LogP contribution in [0.2, 0.25) is 0 Å². The van der Waals surface area contributed by atoms with Crippen molar-refractivity contribution in [2.24, 2.45) is 0 Å². The Morgan fingerprint density at radius 2 is 2.09 bits per heavy atom. The topological polar surface area (TPSA) is 106 Å². The van der Waals surface area contributed by atoms with E-state index in [1.54, 1.807) is 42.8 Å². The number of urea groups is 1. The maximum absolute atomic E-state index is 13.9. The maximum Gasteiger partial charge on any atom is 0.320 e. The Kier molecular flexibility index (Phi) is 7.52. The maximum atomic E-state index is 13.9. The zero-order valence-corrected chi connectivity index (χ0v) is 21.0. The number of carbonyl (C=O) groups is 1. The molecule has 2 amide bonds. The van der Waals surface area contributed by atoms with Gasteiger partial charge in [0, 0.05) is 23.7 Å². The predicted octanol–water partition coefficient (Wildman–Crippen LogP) is 4.13. The number of ether oxygens (including phenoxy) is 2. The van der Waals surface area contributed by atoms with E-state index >= 15 is 0 Å². The first-order valence-electron chi connectivity index (χ1n) is 10.4. The highest BCUT2D eigenvalue weighted by Crippen LogP contribution is 2.46. The fourth-order valence-electron chi connectivity index (χ4n) is 3.64. The molecule has 0 aliphatic carbocycles. The van der Waals surface area contributed by atoms with Crippen LogP contribution >= 0.6 is 23.7 Å². The third-order valence-electron chi connectivity index (χ3n) is 5.05. The molecule has 2 N–H and O–H groups in total. The predicted molar refractivity (Wildman–Crippen MR) is 134 cm³/mol. The van der Waals surface area contributed by atoms with Crippen molar-refractivity contribution < 1.29 is 22.5 Å². The SMILES string of the molecule is COc1nc2ncsc2c(OC)c1-c1cn(SF)c2nc(NC(=O)NCC(F)CN(C)C)ccc12. The standard InChI is InChI=1S/C21H23F2N7O3S2/c1-29(2)8-11(22)7-24-21(31)27-14-6-5-12-13(9-30(35-23)19(12)26-14)15-16(32-3)17-18(25-10-34-17)28-20(15)33-4/h5-6,9-11H,7-8H2,1-4H3,(H2,24,26,27,31). The van der Waals surface area contributed by atoms with Gasteiger partial charge < -0.3 is 19.7 Å². The van der Waals surface area contributed by atoms with E-state index in [0.717, 1.165) is 4.70 Å². The average molecular weight is 524 g/mol. The second-order valence-corrected chi connectivity index (χ2v) is 9.12. The van der Waals surface area contributed by atoms with Gasteiger partial charge in [-0.25, -0.2) is 23.1 Å². The van der Waals surface area contributed by atoms with Gasteiger partial charge in [0.15, 0.2) is 29.4 Å². The normalized spacial score (nSPS) is 12.3. The van der Waals surface area contributed by atoms with Gasteiger partial charge in [-0.3, -0.25) is 5.32 Å². The fourth-order valence-corrected chi connectivity index (χ4v) is 4.74. The highest BCUT2D eigenvalue weighted by molar-refractivity contribution is 7.92. The Balaban J connectivity index is 1.69. The lowest BCUT2D eigenvalue weighted by atomic mass is 10.1. The van der Waals surface area contributed by atoms with E-state index in [1.165, 1.54) is 29.5 Å². The Morgan fingerprint density at radius 1 is 1.29 bits per heavy atom. The van der Waals surface area contributed by atoms with Crippen molar-refractivity contribution in [3.63, 3.8) is 0 Å². The number of nitrogens with zero attached hydrogens (tertiary/aromatic N) is 5. The minimum absolute atomic E-state index is 0.0468. The van der Waals surface area contributed by atoms with Crippen molar-refractivity contribution in [2.75, 3.05) is 46.7 Å². The highest BCUT2D eigenvalue weighted by Gasteiger charge is 2.25. The van der Waals surface area contributed by atoms with E-state index in [9.17, 15) is 13.1 Å². The van der Waals surface area contributed by atoms with E-state index in [1.807, 2.05) is 0 Å². The summed E-state index contributed by atoms with van der Waals surface area (Å²) in [4.78, 5) is 27.0. The number of halogens is 2. The first-order valence-corrected chi connectivity index (χ1v) is 11.9. The number of aromatic nitrogens is 4. The number of thiazole rings is 1. The number of anilines is 1. The minimum atomic E-state index is -1.22. The number of rotatable bonds is 9. The molecule has 0 aliphatic heterocycles. The summed E-state index contributed by atoms with van der Waals surface area (Å²) in [5, 5.41) is 5.60. The van der Waals surface area contributed by atoms with E-state index in [4.69, 9.17) is 9.47 Å². The highest BCUT2D eigenvalue weighted by atomic mass is 32.2. The van der Waals surface area contributed by atoms with Crippen LogP contribution < -0.4 is 20.1 Å². The number of alkyl halides is 1. The average Bonchev–Trinajstić information content (AvgIpc) is 3.45. The van der Waals surface area contributed by atoms with Gasteiger partial charge in [-0.2, -0.15) is 4.98 Å². The Hall–Kier alpha value is -3.23. The van der Waals surface area contributed by atoms with Gasteiger partial charge in [0.05, 0.1) is 31.8 Å². The molecule has 4 aromatic rings. The molecule has 35 heavy (non-hydrogen) atoms. The summed E-state index contributed by atoms with van der Waals surface area (Å²) in [6, 6.07) is 2.65. The van der Waals surface area contributed by atoms with Crippen molar-refractivity contribution in [2.45, 2.75) is 6.17 Å². The Bertz CT molecular complexity index is 1360. The van der Waals surface area contributed by atoms with Crippen LogP contribution in [0, 0.1) is 0 Å². The third-order valence-corrected chi connectivity index (χ3v) is 6.30.